The van der Waals surface area contributed by atoms with Crippen LogP contribution in [0.15, 0.2) is 60.8 Å². The molecule has 2 heterocycles. The summed E-state index contributed by atoms with van der Waals surface area (Å²) in [5.41, 5.74) is 2.43. The molecule has 0 atom stereocenters. The van der Waals surface area contributed by atoms with Gasteiger partial charge in [-0.3, -0.25) is 9.88 Å². The number of carbonyl (C=O) groups is 1. The van der Waals surface area contributed by atoms with Gasteiger partial charge in [0.2, 0.25) is 0 Å². The van der Waals surface area contributed by atoms with Gasteiger partial charge in [0.25, 0.3) is 0 Å². The number of hydrogen-bond donors (Lipinski definition) is 0. The van der Waals surface area contributed by atoms with Gasteiger partial charge in [0.15, 0.2) is 0 Å². The third-order valence-electron chi connectivity index (χ3n) is 5.39. The van der Waals surface area contributed by atoms with Crippen LogP contribution in [0.25, 0.3) is 11.3 Å². The molecule has 0 spiro atoms. The Morgan fingerprint density at radius 1 is 1.12 bits per heavy atom. The second-order valence-corrected chi connectivity index (χ2v) is 7.82. The van der Waals surface area contributed by atoms with Crippen molar-refractivity contribution in [3.63, 3.8) is 0 Å². The van der Waals surface area contributed by atoms with Crippen LogP contribution in [0, 0.1) is 6.92 Å². The summed E-state index contributed by atoms with van der Waals surface area (Å²) in [6, 6.07) is 13.8. The zero-order chi connectivity index (χ0) is 22.9. The predicted octanol–water partition coefficient (Wildman–Crippen LogP) is 0.707. The maximum atomic E-state index is 12.6. The molecule has 0 saturated carbocycles. The van der Waals surface area contributed by atoms with Gasteiger partial charge in [-0.1, -0.05) is 24.3 Å². The molecule has 0 bridgehead atoms. The van der Waals surface area contributed by atoms with E-state index in [0.29, 0.717) is 36.6 Å². The number of benzene rings is 2. The fourth-order valence-electron chi connectivity index (χ4n) is 3.65. The van der Waals surface area contributed by atoms with Crippen molar-refractivity contribution in [3.05, 3.63) is 83.0 Å². The molecule has 2 aromatic carbocycles. The maximum absolute atomic E-state index is 12.6. The van der Waals surface area contributed by atoms with Crippen molar-refractivity contribution < 1.29 is 57.4 Å². The van der Waals surface area contributed by atoms with E-state index in [4.69, 9.17) is 4.74 Å². The first kappa shape index (κ1) is 25.2. The number of nitrogens with zero attached hydrogens (tertiary/aromatic N) is 2. The average Bonchev–Trinajstić information content (AvgIpc) is 2.72. The number of likely N-dealkylation sites (tertiary alicyclic amines) is 1. The normalized spacial score (nSPS) is 14.3. The summed E-state index contributed by atoms with van der Waals surface area (Å²) in [6.07, 6.45) is -2.71. The molecule has 9 heteroatoms. The van der Waals surface area contributed by atoms with E-state index < -0.39 is 17.7 Å². The van der Waals surface area contributed by atoms with Gasteiger partial charge in [-0.05, 0) is 48.4 Å². The Bertz CT molecular complexity index is 1110. The Labute approximate surface area is 211 Å². The molecular formula is C24H20F3N2NaO3. The minimum Gasteiger partial charge on any atom is -0.545 e. The number of aromatic carboxylic acids is 1. The van der Waals surface area contributed by atoms with Crippen molar-refractivity contribution in [2.75, 3.05) is 13.1 Å². The molecule has 0 unspecified atom stereocenters. The van der Waals surface area contributed by atoms with E-state index in [1.165, 1.54) is 18.2 Å². The van der Waals surface area contributed by atoms with Crippen molar-refractivity contribution in [1.29, 1.82) is 0 Å². The quantitative estimate of drug-likeness (QED) is 0.503. The first-order valence-corrected chi connectivity index (χ1v) is 10.0. The fraction of sp³-hybridized carbons (Fsp3) is 0.250. The van der Waals surface area contributed by atoms with Crippen LogP contribution in [0.5, 0.6) is 5.75 Å². The number of aromatic nitrogens is 1. The van der Waals surface area contributed by atoms with Crippen LogP contribution in [0.3, 0.4) is 0 Å². The molecular weight excluding hydrogens is 444 g/mol. The van der Waals surface area contributed by atoms with E-state index in [0.717, 1.165) is 23.3 Å². The Morgan fingerprint density at radius 3 is 2.36 bits per heavy atom. The number of rotatable bonds is 6. The summed E-state index contributed by atoms with van der Waals surface area (Å²) in [7, 11) is 0. The van der Waals surface area contributed by atoms with E-state index >= 15 is 0 Å². The van der Waals surface area contributed by atoms with Crippen molar-refractivity contribution in [2.24, 2.45) is 0 Å². The van der Waals surface area contributed by atoms with E-state index in [9.17, 15) is 23.1 Å². The number of ether oxygens (including phenoxy) is 1. The number of carboxylic acids is 1. The van der Waals surface area contributed by atoms with Gasteiger partial charge < -0.3 is 14.6 Å². The molecule has 5 nitrogen and oxygen atoms in total. The Kier molecular flexibility index (Phi) is 7.84. The number of halogens is 3. The number of alkyl halides is 3. The standard InChI is InChI=1S/C24H21F3N2O3.Na/c1-15-10-17(4-8-21(15)23(30)31)22-9-7-19(11-28-22)32-20-13-29(14-20)12-16-2-5-18(6-3-16)24(25,26)27;/h2-11,20H,12-14H2,1H3,(H,30,31);/q;+1/p-1. The van der Waals surface area contributed by atoms with Crippen LogP contribution in [0.1, 0.15) is 27.0 Å². The third kappa shape index (κ3) is 6.14. The van der Waals surface area contributed by atoms with E-state index in [-0.39, 0.29) is 41.2 Å². The molecule has 1 fully saturated rings. The van der Waals surface area contributed by atoms with Crippen molar-refractivity contribution in [1.82, 2.24) is 9.88 Å². The van der Waals surface area contributed by atoms with Gasteiger partial charge in [0.05, 0.1) is 23.4 Å². The monoisotopic (exact) mass is 464 g/mol. The van der Waals surface area contributed by atoms with Gasteiger partial charge in [-0.25, -0.2) is 0 Å². The number of hydrogen-bond acceptors (Lipinski definition) is 5. The minimum atomic E-state index is -4.32. The SMILES string of the molecule is Cc1cc(-c2ccc(OC3CN(Cc4ccc(C(F)(F)F)cc4)C3)cn2)ccc1C(=O)[O-].[Na+]. The van der Waals surface area contributed by atoms with Crippen LogP contribution in [0.4, 0.5) is 13.2 Å². The topological polar surface area (TPSA) is 65.5 Å². The summed E-state index contributed by atoms with van der Waals surface area (Å²) in [4.78, 5) is 17.5. The fourth-order valence-corrected chi connectivity index (χ4v) is 3.65. The van der Waals surface area contributed by atoms with Crippen molar-refractivity contribution in [2.45, 2.75) is 25.7 Å². The zero-order valence-electron chi connectivity index (χ0n) is 18.2. The average molecular weight is 464 g/mol. The second-order valence-electron chi connectivity index (χ2n) is 7.82. The number of pyridine rings is 1. The van der Waals surface area contributed by atoms with Crippen molar-refractivity contribution >= 4 is 5.97 Å². The summed E-state index contributed by atoms with van der Waals surface area (Å²) in [6.45, 7) is 3.62. The summed E-state index contributed by atoms with van der Waals surface area (Å²) >= 11 is 0. The van der Waals surface area contributed by atoms with E-state index in [1.54, 1.807) is 31.3 Å². The molecule has 1 aromatic heterocycles. The maximum Gasteiger partial charge on any atom is 1.00 e. The first-order valence-electron chi connectivity index (χ1n) is 10.0. The van der Waals surface area contributed by atoms with Crippen LogP contribution in [-0.2, 0) is 12.7 Å². The Balaban J connectivity index is 0.00000306. The minimum absolute atomic E-state index is 0. The number of aryl methyl sites for hydroxylation is 1. The van der Waals surface area contributed by atoms with E-state index in [1.807, 2.05) is 6.07 Å². The number of carboxylic acid groups (broad SMARTS) is 1. The second kappa shape index (κ2) is 10.3. The van der Waals surface area contributed by atoms with Gasteiger partial charge in [0, 0.05) is 30.8 Å². The number of carbonyl (C=O) groups excluding carboxylic acids is 1. The molecule has 0 amide bonds. The third-order valence-corrected chi connectivity index (χ3v) is 5.39. The molecule has 3 aromatic rings. The molecule has 1 aliphatic rings. The van der Waals surface area contributed by atoms with Crippen LogP contribution >= 0.6 is 0 Å². The van der Waals surface area contributed by atoms with Gasteiger partial charge >= 0.3 is 35.7 Å². The Morgan fingerprint density at radius 2 is 1.82 bits per heavy atom. The van der Waals surface area contributed by atoms with Crippen LogP contribution in [0.2, 0.25) is 0 Å². The largest absolute Gasteiger partial charge is 1.00 e. The molecule has 0 radical (unpaired) electrons. The molecule has 1 saturated heterocycles. The van der Waals surface area contributed by atoms with Gasteiger partial charge in [-0.2, -0.15) is 13.2 Å². The zero-order valence-corrected chi connectivity index (χ0v) is 20.2. The summed E-state index contributed by atoms with van der Waals surface area (Å²) in [5, 5.41) is 11.0. The van der Waals surface area contributed by atoms with Gasteiger partial charge in [-0.15, -0.1) is 0 Å². The van der Waals surface area contributed by atoms with Crippen molar-refractivity contribution in [3.8, 4) is 17.0 Å². The van der Waals surface area contributed by atoms with Crippen LogP contribution < -0.4 is 39.4 Å². The molecule has 33 heavy (non-hydrogen) atoms. The molecule has 1 aliphatic heterocycles. The summed E-state index contributed by atoms with van der Waals surface area (Å²) < 4.78 is 43.8. The van der Waals surface area contributed by atoms with Crippen LogP contribution in [-0.4, -0.2) is 35.0 Å². The molecule has 0 N–H and O–H groups in total. The predicted molar refractivity (Wildman–Crippen MR) is 110 cm³/mol. The first-order chi connectivity index (χ1) is 15.2. The van der Waals surface area contributed by atoms with Gasteiger partial charge in [0.1, 0.15) is 11.9 Å². The summed E-state index contributed by atoms with van der Waals surface area (Å²) in [5.74, 6) is -0.588. The smallest absolute Gasteiger partial charge is 0.545 e. The van der Waals surface area contributed by atoms with E-state index in [2.05, 4.69) is 9.88 Å². The molecule has 0 aliphatic carbocycles. The Hall–Kier alpha value is -2.39. The molecule has 4 rings (SSSR count). The molecule has 166 valence electrons.